The lowest BCUT2D eigenvalue weighted by Gasteiger charge is -2.28. The molecule has 1 aliphatic heterocycles. The van der Waals surface area contributed by atoms with Crippen LogP contribution in [0.2, 0.25) is 0 Å². The average molecular weight is 326 g/mol. The smallest absolute Gasteiger partial charge is 0.239 e. The predicted octanol–water partition coefficient (Wildman–Crippen LogP) is 3.13. The van der Waals surface area contributed by atoms with Gasteiger partial charge in [0, 0.05) is 36.5 Å². The van der Waals surface area contributed by atoms with Crippen LogP contribution in [-0.2, 0) is 4.79 Å². The van der Waals surface area contributed by atoms with E-state index in [-0.39, 0.29) is 5.91 Å². The summed E-state index contributed by atoms with van der Waals surface area (Å²) in [6, 6.07) is 3.92. The van der Waals surface area contributed by atoms with Crippen molar-refractivity contribution in [3.05, 3.63) is 29.9 Å². The minimum absolute atomic E-state index is 0.0818. The summed E-state index contributed by atoms with van der Waals surface area (Å²) in [5.41, 5.74) is 2.00. The first-order valence-electron chi connectivity index (χ1n) is 8.81. The molecule has 1 saturated heterocycles. The molecule has 6 nitrogen and oxygen atoms in total. The lowest BCUT2D eigenvalue weighted by Crippen LogP contribution is -2.38. The van der Waals surface area contributed by atoms with E-state index >= 15 is 0 Å². The van der Waals surface area contributed by atoms with Crippen molar-refractivity contribution >= 4 is 5.91 Å². The van der Waals surface area contributed by atoms with Crippen LogP contribution in [0.5, 0.6) is 0 Å². The molecule has 24 heavy (non-hydrogen) atoms. The molecule has 1 atom stereocenters. The number of rotatable bonds is 4. The molecule has 2 aromatic rings. The maximum Gasteiger partial charge on any atom is 0.239 e. The zero-order chi connectivity index (χ0) is 16.5. The van der Waals surface area contributed by atoms with Gasteiger partial charge in [0.2, 0.25) is 17.6 Å². The molecule has 0 spiro atoms. The average Bonchev–Trinajstić information content (AvgIpc) is 3.38. The fourth-order valence-corrected chi connectivity index (χ4v) is 3.21. The maximum absolute atomic E-state index is 12.6. The van der Waals surface area contributed by atoms with Gasteiger partial charge in [0.15, 0.2) is 0 Å². The van der Waals surface area contributed by atoms with Crippen LogP contribution in [-0.4, -0.2) is 39.0 Å². The van der Waals surface area contributed by atoms with Gasteiger partial charge < -0.3 is 9.42 Å². The molecule has 0 aromatic carbocycles. The quantitative estimate of drug-likeness (QED) is 0.863. The zero-order valence-electron chi connectivity index (χ0n) is 13.9. The van der Waals surface area contributed by atoms with Crippen LogP contribution >= 0.6 is 0 Å². The molecule has 1 saturated carbocycles. The summed E-state index contributed by atoms with van der Waals surface area (Å²) in [5, 5.41) is 4.07. The van der Waals surface area contributed by atoms with E-state index in [1.54, 1.807) is 6.20 Å². The Labute approximate surface area is 141 Å². The van der Waals surface area contributed by atoms with E-state index in [2.05, 4.69) is 15.1 Å². The number of hydrogen-bond acceptors (Lipinski definition) is 5. The maximum atomic E-state index is 12.6. The second-order valence-electron chi connectivity index (χ2n) is 6.81. The number of nitrogens with zero attached hydrogens (tertiary/aromatic N) is 4. The molecular weight excluding hydrogens is 304 g/mol. The fourth-order valence-electron chi connectivity index (χ4n) is 3.21. The van der Waals surface area contributed by atoms with Gasteiger partial charge in [0.05, 0.1) is 0 Å². The number of carbonyl (C=O) groups excluding carboxylic acids is 1. The van der Waals surface area contributed by atoms with Gasteiger partial charge in [0.1, 0.15) is 5.92 Å². The third kappa shape index (κ3) is 3.05. The van der Waals surface area contributed by atoms with Crippen LogP contribution in [0.3, 0.4) is 0 Å². The molecule has 6 heteroatoms. The molecule has 0 bridgehead atoms. The first kappa shape index (κ1) is 15.3. The van der Waals surface area contributed by atoms with Gasteiger partial charge in [-0.15, -0.1) is 0 Å². The molecule has 3 heterocycles. The van der Waals surface area contributed by atoms with E-state index in [0.29, 0.717) is 17.6 Å². The SMILES string of the molecule is CC(C(=O)N1CCCCC1)c1nc(-c2ccnc(C3CC3)c2)no1. The minimum Gasteiger partial charge on any atom is -0.342 e. The van der Waals surface area contributed by atoms with E-state index < -0.39 is 5.92 Å². The van der Waals surface area contributed by atoms with Crippen molar-refractivity contribution in [2.75, 3.05) is 13.1 Å². The summed E-state index contributed by atoms with van der Waals surface area (Å²) in [6.07, 6.45) is 7.56. The molecule has 2 aliphatic rings. The zero-order valence-corrected chi connectivity index (χ0v) is 13.9. The van der Waals surface area contributed by atoms with E-state index in [0.717, 1.165) is 37.2 Å². The normalized spacial score (nSPS) is 19.3. The van der Waals surface area contributed by atoms with Crippen molar-refractivity contribution in [1.29, 1.82) is 0 Å². The number of likely N-dealkylation sites (tertiary alicyclic amines) is 1. The second-order valence-corrected chi connectivity index (χ2v) is 6.81. The Morgan fingerprint density at radius 3 is 2.83 bits per heavy atom. The van der Waals surface area contributed by atoms with Crippen molar-refractivity contribution in [2.24, 2.45) is 0 Å². The summed E-state index contributed by atoms with van der Waals surface area (Å²) < 4.78 is 5.38. The fraction of sp³-hybridized carbons (Fsp3) is 0.556. The Kier molecular flexibility index (Phi) is 4.04. The Morgan fingerprint density at radius 2 is 2.08 bits per heavy atom. The van der Waals surface area contributed by atoms with E-state index in [9.17, 15) is 4.79 Å². The van der Waals surface area contributed by atoms with Crippen LogP contribution < -0.4 is 0 Å². The summed E-state index contributed by atoms with van der Waals surface area (Å²) >= 11 is 0. The summed E-state index contributed by atoms with van der Waals surface area (Å²) in [5.74, 6) is 1.20. The van der Waals surface area contributed by atoms with Gasteiger partial charge in [0.25, 0.3) is 0 Å². The Morgan fingerprint density at radius 1 is 1.29 bits per heavy atom. The molecule has 126 valence electrons. The molecule has 1 amide bonds. The van der Waals surface area contributed by atoms with Crippen molar-refractivity contribution in [3.63, 3.8) is 0 Å². The molecule has 2 fully saturated rings. The highest BCUT2D eigenvalue weighted by molar-refractivity contribution is 5.82. The lowest BCUT2D eigenvalue weighted by molar-refractivity contribution is -0.133. The van der Waals surface area contributed by atoms with E-state index in [1.807, 2.05) is 24.0 Å². The Bertz CT molecular complexity index is 732. The van der Waals surface area contributed by atoms with Gasteiger partial charge in [-0.1, -0.05) is 5.16 Å². The highest BCUT2D eigenvalue weighted by Gasteiger charge is 2.28. The first-order chi connectivity index (χ1) is 11.7. The molecular formula is C18H22N4O2. The monoisotopic (exact) mass is 326 g/mol. The lowest BCUT2D eigenvalue weighted by atomic mass is 10.1. The van der Waals surface area contributed by atoms with Crippen molar-refractivity contribution in [1.82, 2.24) is 20.0 Å². The number of carbonyl (C=O) groups is 1. The van der Waals surface area contributed by atoms with Crippen LogP contribution in [0, 0.1) is 0 Å². The summed E-state index contributed by atoms with van der Waals surface area (Å²) in [6.45, 7) is 3.51. The molecule has 2 aromatic heterocycles. The van der Waals surface area contributed by atoms with Crippen molar-refractivity contribution in [3.8, 4) is 11.4 Å². The summed E-state index contributed by atoms with van der Waals surface area (Å²) in [7, 11) is 0. The molecule has 1 aliphatic carbocycles. The number of piperidine rings is 1. The van der Waals surface area contributed by atoms with Crippen LogP contribution in [0.15, 0.2) is 22.9 Å². The third-order valence-corrected chi connectivity index (χ3v) is 4.89. The van der Waals surface area contributed by atoms with Crippen LogP contribution in [0.25, 0.3) is 11.4 Å². The standard InChI is InChI=1S/C18H22N4O2/c1-12(18(23)22-9-3-2-4-10-22)17-20-16(21-24-17)14-7-8-19-15(11-14)13-5-6-13/h7-8,11-13H,2-6,9-10H2,1H3. The number of pyridine rings is 1. The second kappa shape index (κ2) is 6.34. The predicted molar refractivity (Wildman–Crippen MR) is 88.4 cm³/mol. The molecule has 4 rings (SSSR count). The van der Waals surface area contributed by atoms with Gasteiger partial charge in [-0.3, -0.25) is 9.78 Å². The highest BCUT2D eigenvalue weighted by atomic mass is 16.5. The Balaban J connectivity index is 1.51. The third-order valence-electron chi connectivity index (χ3n) is 4.89. The largest absolute Gasteiger partial charge is 0.342 e. The van der Waals surface area contributed by atoms with Crippen molar-refractivity contribution in [2.45, 2.75) is 50.9 Å². The topological polar surface area (TPSA) is 72.1 Å². The minimum atomic E-state index is -0.394. The number of amides is 1. The first-order valence-corrected chi connectivity index (χ1v) is 8.81. The number of hydrogen-bond donors (Lipinski definition) is 0. The van der Waals surface area contributed by atoms with Gasteiger partial charge >= 0.3 is 0 Å². The van der Waals surface area contributed by atoms with E-state index in [1.165, 1.54) is 19.3 Å². The molecule has 1 unspecified atom stereocenters. The molecule has 0 radical (unpaired) electrons. The highest BCUT2D eigenvalue weighted by Crippen LogP contribution is 2.39. The van der Waals surface area contributed by atoms with Gasteiger partial charge in [-0.25, -0.2) is 0 Å². The van der Waals surface area contributed by atoms with Crippen LogP contribution in [0.1, 0.15) is 62.4 Å². The van der Waals surface area contributed by atoms with E-state index in [4.69, 9.17) is 4.52 Å². The number of aromatic nitrogens is 3. The van der Waals surface area contributed by atoms with Crippen molar-refractivity contribution < 1.29 is 9.32 Å². The van der Waals surface area contributed by atoms with Gasteiger partial charge in [-0.2, -0.15) is 4.98 Å². The van der Waals surface area contributed by atoms with Gasteiger partial charge in [-0.05, 0) is 51.2 Å². The van der Waals surface area contributed by atoms with Crippen LogP contribution in [0.4, 0.5) is 0 Å². The Hall–Kier alpha value is -2.24. The molecule has 0 N–H and O–H groups in total. The summed E-state index contributed by atoms with van der Waals surface area (Å²) in [4.78, 5) is 23.4.